The molecular formula is C15H12Cl3NOS. The Labute approximate surface area is 142 Å². The molecule has 0 saturated heterocycles. The summed E-state index contributed by atoms with van der Waals surface area (Å²) < 4.78 is 0. The van der Waals surface area contributed by atoms with Gasteiger partial charge >= 0.3 is 0 Å². The van der Waals surface area contributed by atoms with Crippen LogP contribution in [0.3, 0.4) is 0 Å². The van der Waals surface area contributed by atoms with Gasteiger partial charge in [0.25, 0.3) is 0 Å². The van der Waals surface area contributed by atoms with Crippen molar-refractivity contribution in [2.24, 2.45) is 0 Å². The van der Waals surface area contributed by atoms with Gasteiger partial charge in [-0.2, -0.15) is 0 Å². The number of hydrogen-bond acceptors (Lipinski definition) is 2. The van der Waals surface area contributed by atoms with Gasteiger partial charge in [0.1, 0.15) is 0 Å². The van der Waals surface area contributed by atoms with E-state index in [2.05, 4.69) is 5.32 Å². The predicted molar refractivity (Wildman–Crippen MR) is 91.9 cm³/mol. The van der Waals surface area contributed by atoms with Crippen molar-refractivity contribution in [3.05, 3.63) is 57.5 Å². The van der Waals surface area contributed by atoms with Gasteiger partial charge in [0, 0.05) is 15.6 Å². The number of carbonyl (C=O) groups excluding carboxylic acids is 1. The van der Waals surface area contributed by atoms with E-state index in [1.54, 1.807) is 30.3 Å². The number of anilines is 1. The molecule has 0 fully saturated rings. The average Bonchev–Trinajstić information content (AvgIpc) is 2.45. The summed E-state index contributed by atoms with van der Waals surface area (Å²) in [5, 5.41) is 4.10. The van der Waals surface area contributed by atoms with E-state index >= 15 is 0 Å². The lowest BCUT2D eigenvalue weighted by atomic mass is 10.3. The molecule has 21 heavy (non-hydrogen) atoms. The highest BCUT2D eigenvalue weighted by Gasteiger charge is 2.15. The molecule has 2 aromatic carbocycles. The zero-order valence-electron chi connectivity index (χ0n) is 11.1. The van der Waals surface area contributed by atoms with Crippen molar-refractivity contribution < 1.29 is 4.79 Å². The molecule has 2 rings (SSSR count). The minimum atomic E-state index is -0.249. The van der Waals surface area contributed by atoms with E-state index in [0.717, 1.165) is 4.90 Å². The third-order valence-corrected chi connectivity index (χ3v) is 4.79. The van der Waals surface area contributed by atoms with E-state index < -0.39 is 0 Å². The van der Waals surface area contributed by atoms with Gasteiger partial charge in [-0.05, 0) is 49.4 Å². The maximum atomic E-state index is 12.1. The Bertz CT molecular complexity index is 646. The lowest BCUT2D eigenvalue weighted by molar-refractivity contribution is -0.115. The van der Waals surface area contributed by atoms with Crippen LogP contribution in [0.2, 0.25) is 15.1 Å². The van der Waals surface area contributed by atoms with Crippen molar-refractivity contribution in [2.45, 2.75) is 17.1 Å². The molecule has 0 bridgehead atoms. The van der Waals surface area contributed by atoms with Crippen LogP contribution in [-0.2, 0) is 4.79 Å². The molecule has 0 spiro atoms. The van der Waals surface area contributed by atoms with Crippen molar-refractivity contribution in [2.75, 3.05) is 5.32 Å². The number of nitrogens with one attached hydrogen (secondary N) is 1. The Hall–Kier alpha value is -0.870. The van der Waals surface area contributed by atoms with E-state index in [1.165, 1.54) is 11.8 Å². The minimum absolute atomic E-state index is 0.103. The number of hydrogen-bond donors (Lipinski definition) is 1. The molecule has 110 valence electrons. The van der Waals surface area contributed by atoms with Crippen molar-refractivity contribution >= 4 is 58.2 Å². The molecule has 1 unspecified atom stereocenters. The van der Waals surface area contributed by atoms with Gasteiger partial charge in [-0.3, -0.25) is 4.79 Å². The smallest absolute Gasteiger partial charge is 0.237 e. The third-order valence-electron chi connectivity index (χ3n) is 2.68. The predicted octanol–water partition coefficient (Wildman–Crippen LogP) is 5.77. The van der Waals surface area contributed by atoms with Gasteiger partial charge < -0.3 is 5.32 Å². The van der Waals surface area contributed by atoms with Crippen molar-refractivity contribution in [3.63, 3.8) is 0 Å². The highest BCUT2D eigenvalue weighted by molar-refractivity contribution is 8.00. The van der Waals surface area contributed by atoms with Gasteiger partial charge in [0.15, 0.2) is 0 Å². The maximum Gasteiger partial charge on any atom is 0.237 e. The maximum absolute atomic E-state index is 12.1. The van der Waals surface area contributed by atoms with Crippen LogP contribution in [0.25, 0.3) is 0 Å². The molecule has 1 amide bonds. The minimum Gasteiger partial charge on any atom is -0.325 e. The zero-order chi connectivity index (χ0) is 15.4. The van der Waals surface area contributed by atoms with Crippen LogP contribution in [0.15, 0.2) is 47.4 Å². The second-order valence-corrected chi connectivity index (χ2v) is 7.00. The van der Waals surface area contributed by atoms with E-state index in [9.17, 15) is 4.79 Å². The number of halogens is 3. The van der Waals surface area contributed by atoms with Gasteiger partial charge in [0.2, 0.25) is 5.91 Å². The molecule has 1 N–H and O–H groups in total. The van der Waals surface area contributed by atoms with Gasteiger partial charge in [-0.1, -0.05) is 34.8 Å². The summed E-state index contributed by atoms with van der Waals surface area (Å²) in [6, 6.07) is 12.4. The van der Waals surface area contributed by atoms with E-state index in [-0.39, 0.29) is 11.2 Å². The fourth-order valence-electron chi connectivity index (χ4n) is 1.59. The average molecular weight is 361 g/mol. The molecule has 0 saturated carbocycles. The summed E-state index contributed by atoms with van der Waals surface area (Å²) in [6.45, 7) is 1.84. The molecule has 0 heterocycles. The summed E-state index contributed by atoms with van der Waals surface area (Å²) in [4.78, 5) is 13.1. The summed E-state index contributed by atoms with van der Waals surface area (Å²) in [7, 11) is 0. The van der Waals surface area contributed by atoms with Crippen LogP contribution < -0.4 is 5.32 Å². The molecule has 0 radical (unpaired) electrons. The molecule has 0 aliphatic rings. The summed E-state index contributed by atoms with van der Waals surface area (Å²) >= 11 is 19.1. The van der Waals surface area contributed by atoms with Gasteiger partial charge in [-0.15, -0.1) is 11.8 Å². The van der Waals surface area contributed by atoms with Crippen molar-refractivity contribution in [1.82, 2.24) is 0 Å². The monoisotopic (exact) mass is 359 g/mol. The first-order valence-corrected chi connectivity index (χ1v) is 8.15. The summed E-state index contributed by atoms with van der Waals surface area (Å²) in [5.41, 5.74) is 0.623. The standard InChI is InChI=1S/C15H12Cl3NOS/c1-9(21-12-5-2-10(16)3-6-12)15(20)19-11-4-7-13(17)14(18)8-11/h2-9H,1H3,(H,19,20). The number of carbonyl (C=O) groups is 1. The normalized spacial score (nSPS) is 12.0. The Morgan fingerprint density at radius 1 is 1.05 bits per heavy atom. The van der Waals surface area contributed by atoms with Crippen LogP contribution in [-0.4, -0.2) is 11.2 Å². The highest BCUT2D eigenvalue weighted by atomic mass is 35.5. The zero-order valence-corrected chi connectivity index (χ0v) is 14.2. The van der Waals surface area contributed by atoms with Crippen LogP contribution in [0, 0.1) is 0 Å². The van der Waals surface area contributed by atoms with Crippen molar-refractivity contribution in [3.8, 4) is 0 Å². The van der Waals surface area contributed by atoms with Crippen LogP contribution in [0.5, 0.6) is 0 Å². The lowest BCUT2D eigenvalue weighted by Gasteiger charge is -2.12. The highest BCUT2D eigenvalue weighted by Crippen LogP contribution is 2.27. The Morgan fingerprint density at radius 2 is 1.71 bits per heavy atom. The molecule has 2 aromatic rings. The van der Waals surface area contributed by atoms with Crippen LogP contribution >= 0.6 is 46.6 Å². The molecule has 0 aliphatic heterocycles. The lowest BCUT2D eigenvalue weighted by Crippen LogP contribution is -2.22. The first-order valence-electron chi connectivity index (χ1n) is 6.14. The SMILES string of the molecule is CC(Sc1ccc(Cl)cc1)C(=O)Nc1ccc(Cl)c(Cl)c1. The molecule has 0 aliphatic carbocycles. The molecular weight excluding hydrogens is 349 g/mol. The Morgan fingerprint density at radius 3 is 2.33 bits per heavy atom. The Balaban J connectivity index is 1.98. The number of thioether (sulfide) groups is 1. The van der Waals surface area contributed by atoms with Crippen molar-refractivity contribution in [1.29, 1.82) is 0 Å². The van der Waals surface area contributed by atoms with E-state index in [4.69, 9.17) is 34.8 Å². The van der Waals surface area contributed by atoms with Crippen LogP contribution in [0.1, 0.15) is 6.92 Å². The summed E-state index contributed by atoms with van der Waals surface area (Å²) in [6.07, 6.45) is 0. The second-order valence-electron chi connectivity index (χ2n) is 4.33. The van der Waals surface area contributed by atoms with Gasteiger partial charge in [0.05, 0.1) is 15.3 Å². The first-order chi connectivity index (χ1) is 9.95. The summed E-state index contributed by atoms with van der Waals surface area (Å²) in [5.74, 6) is -0.103. The molecule has 0 aromatic heterocycles. The first kappa shape index (κ1) is 16.5. The Kier molecular flexibility index (Phi) is 5.82. The third kappa shape index (κ3) is 4.82. The molecule has 2 nitrogen and oxygen atoms in total. The quantitative estimate of drug-likeness (QED) is 0.702. The molecule has 6 heteroatoms. The fourth-order valence-corrected chi connectivity index (χ4v) is 2.88. The largest absolute Gasteiger partial charge is 0.325 e. The van der Waals surface area contributed by atoms with E-state index in [1.807, 2.05) is 19.1 Å². The van der Waals surface area contributed by atoms with E-state index in [0.29, 0.717) is 20.8 Å². The van der Waals surface area contributed by atoms with Gasteiger partial charge in [-0.25, -0.2) is 0 Å². The van der Waals surface area contributed by atoms with Crippen LogP contribution in [0.4, 0.5) is 5.69 Å². The topological polar surface area (TPSA) is 29.1 Å². The number of amides is 1. The number of rotatable bonds is 4. The number of benzene rings is 2. The second kappa shape index (κ2) is 7.41. The fraction of sp³-hybridized carbons (Fsp3) is 0.133. The molecule has 1 atom stereocenters.